The van der Waals surface area contributed by atoms with Crippen LogP contribution in [0.5, 0.6) is 11.5 Å². The van der Waals surface area contributed by atoms with E-state index in [1.165, 1.54) is 20.3 Å². The lowest BCUT2D eigenvalue weighted by molar-refractivity contribution is -0.113. The van der Waals surface area contributed by atoms with Gasteiger partial charge in [0.1, 0.15) is 6.07 Å². The molecule has 1 aromatic carbocycles. The summed E-state index contributed by atoms with van der Waals surface area (Å²) in [5.41, 5.74) is 0.682. The average molecular weight is 252 g/mol. The van der Waals surface area contributed by atoms with Crippen LogP contribution in [0.3, 0.4) is 0 Å². The minimum atomic E-state index is -0.294. The molecule has 0 aliphatic heterocycles. The molecular formula is C11H12N2O3S. The van der Waals surface area contributed by atoms with Crippen molar-refractivity contribution in [3.63, 3.8) is 0 Å². The first-order valence-electron chi connectivity index (χ1n) is 4.73. The fourth-order valence-corrected chi connectivity index (χ4v) is 1.34. The molecule has 0 aliphatic rings. The summed E-state index contributed by atoms with van der Waals surface area (Å²) in [6.45, 7) is 0. The van der Waals surface area contributed by atoms with Crippen molar-refractivity contribution < 1.29 is 14.3 Å². The number of rotatable bonds is 4. The third-order valence-corrected chi connectivity index (χ3v) is 2.35. The van der Waals surface area contributed by atoms with Crippen molar-refractivity contribution in [2.24, 2.45) is 0 Å². The quantitative estimate of drug-likeness (QED) is 0.795. The van der Waals surface area contributed by atoms with Gasteiger partial charge in [0.2, 0.25) is 5.91 Å². The van der Waals surface area contributed by atoms with Crippen molar-refractivity contribution >= 4 is 24.2 Å². The van der Waals surface area contributed by atoms with Gasteiger partial charge in [-0.1, -0.05) is 0 Å². The van der Waals surface area contributed by atoms with Gasteiger partial charge in [-0.25, -0.2) is 0 Å². The number of carbonyl (C=O) groups is 1. The molecule has 17 heavy (non-hydrogen) atoms. The van der Waals surface area contributed by atoms with Gasteiger partial charge in [0, 0.05) is 12.1 Å². The molecule has 6 heteroatoms. The number of ether oxygens (including phenoxy) is 2. The molecule has 0 heterocycles. The molecule has 0 saturated carbocycles. The maximum absolute atomic E-state index is 11.2. The van der Waals surface area contributed by atoms with Gasteiger partial charge < -0.3 is 14.8 Å². The molecule has 5 nitrogen and oxygen atoms in total. The van der Waals surface area contributed by atoms with Crippen LogP contribution in [0, 0.1) is 11.3 Å². The largest absolute Gasteiger partial charge is 0.493 e. The zero-order chi connectivity index (χ0) is 12.8. The minimum absolute atomic E-state index is 0.0409. The van der Waals surface area contributed by atoms with E-state index in [0.29, 0.717) is 22.7 Å². The summed E-state index contributed by atoms with van der Waals surface area (Å²) in [7, 11) is 2.96. The van der Waals surface area contributed by atoms with Crippen LogP contribution in [0.25, 0.3) is 0 Å². The normalized spacial score (nSPS) is 9.29. The number of thiol groups is 1. The van der Waals surface area contributed by atoms with Gasteiger partial charge in [-0.05, 0) is 0 Å². The van der Waals surface area contributed by atoms with Crippen LogP contribution in [-0.2, 0) is 4.79 Å². The fourth-order valence-electron chi connectivity index (χ4n) is 1.26. The van der Waals surface area contributed by atoms with Crippen molar-refractivity contribution in [1.82, 2.24) is 0 Å². The SMILES string of the molecule is COc1cc(C#N)c(NC(=O)CS)cc1OC. The van der Waals surface area contributed by atoms with E-state index >= 15 is 0 Å². The predicted octanol–water partition coefficient (Wildman–Crippen LogP) is 1.44. The Balaban J connectivity index is 3.20. The number of hydrogen-bond acceptors (Lipinski definition) is 5. The molecular weight excluding hydrogens is 240 g/mol. The molecule has 0 aliphatic carbocycles. The lowest BCUT2D eigenvalue weighted by Gasteiger charge is -2.11. The molecule has 1 N–H and O–H groups in total. The Morgan fingerprint density at radius 3 is 2.47 bits per heavy atom. The summed E-state index contributed by atoms with van der Waals surface area (Å²) < 4.78 is 10.1. The first-order valence-corrected chi connectivity index (χ1v) is 5.36. The minimum Gasteiger partial charge on any atom is -0.493 e. The van der Waals surface area contributed by atoms with Crippen molar-refractivity contribution in [2.75, 3.05) is 25.3 Å². The summed E-state index contributed by atoms with van der Waals surface area (Å²) >= 11 is 3.85. The van der Waals surface area contributed by atoms with Gasteiger partial charge in [-0.15, -0.1) is 0 Å². The van der Waals surface area contributed by atoms with E-state index in [1.807, 2.05) is 6.07 Å². The second-order valence-electron chi connectivity index (χ2n) is 3.07. The monoisotopic (exact) mass is 252 g/mol. The maximum Gasteiger partial charge on any atom is 0.234 e. The molecule has 0 saturated heterocycles. The van der Waals surface area contributed by atoms with E-state index in [-0.39, 0.29) is 11.7 Å². The molecule has 1 rings (SSSR count). The van der Waals surface area contributed by atoms with E-state index < -0.39 is 0 Å². The molecule has 0 unspecified atom stereocenters. The highest BCUT2D eigenvalue weighted by Gasteiger charge is 2.12. The molecule has 0 atom stereocenters. The molecule has 0 aromatic heterocycles. The lowest BCUT2D eigenvalue weighted by Crippen LogP contribution is -2.13. The molecule has 0 radical (unpaired) electrons. The maximum atomic E-state index is 11.2. The van der Waals surface area contributed by atoms with E-state index in [0.717, 1.165) is 0 Å². The highest BCUT2D eigenvalue weighted by Crippen LogP contribution is 2.32. The number of amides is 1. The van der Waals surface area contributed by atoms with Crippen molar-refractivity contribution in [2.45, 2.75) is 0 Å². The van der Waals surface area contributed by atoms with Gasteiger partial charge in [0.05, 0.1) is 31.2 Å². The molecule has 1 amide bonds. The van der Waals surface area contributed by atoms with Gasteiger partial charge in [-0.2, -0.15) is 17.9 Å². The van der Waals surface area contributed by atoms with Gasteiger partial charge >= 0.3 is 0 Å². The van der Waals surface area contributed by atoms with Gasteiger partial charge in [-0.3, -0.25) is 4.79 Å². The zero-order valence-electron chi connectivity index (χ0n) is 9.48. The smallest absolute Gasteiger partial charge is 0.234 e. The summed E-state index contributed by atoms with van der Waals surface area (Å²) in [5, 5.41) is 11.5. The Morgan fingerprint density at radius 2 is 2.00 bits per heavy atom. The standard InChI is InChI=1S/C11H12N2O3S/c1-15-9-3-7(5-12)8(4-10(9)16-2)13-11(14)6-17/h3-4,17H,6H2,1-2H3,(H,13,14). The summed E-state index contributed by atoms with van der Waals surface area (Å²) in [6, 6.07) is 5.02. The topological polar surface area (TPSA) is 71.3 Å². The Morgan fingerprint density at radius 1 is 1.41 bits per heavy atom. The highest BCUT2D eigenvalue weighted by molar-refractivity contribution is 7.81. The highest BCUT2D eigenvalue weighted by atomic mass is 32.1. The number of methoxy groups -OCH3 is 2. The number of anilines is 1. The van der Waals surface area contributed by atoms with Gasteiger partial charge in [0.25, 0.3) is 0 Å². The number of hydrogen-bond donors (Lipinski definition) is 2. The third kappa shape index (κ3) is 3.04. The molecule has 90 valence electrons. The lowest BCUT2D eigenvalue weighted by atomic mass is 10.1. The number of nitriles is 1. The Hall–Kier alpha value is -1.87. The molecule has 0 spiro atoms. The van der Waals surface area contributed by atoms with E-state index in [9.17, 15) is 4.79 Å². The average Bonchev–Trinajstić information content (AvgIpc) is 2.37. The first-order chi connectivity index (χ1) is 8.15. The number of nitrogens with one attached hydrogen (secondary N) is 1. The van der Waals surface area contributed by atoms with Crippen LogP contribution >= 0.6 is 12.6 Å². The number of benzene rings is 1. The molecule has 0 fully saturated rings. The Bertz CT molecular complexity index is 469. The Kier molecular flexibility index (Phi) is 4.67. The van der Waals surface area contributed by atoms with E-state index in [4.69, 9.17) is 14.7 Å². The first kappa shape index (κ1) is 13.2. The summed E-state index contributed by atoms with van der Waals surface area (Å²) in [6.07, 6.45) is 0. The molecule has 0 bridgehead atoms. The second-order valence-corrected chi connectivity index (χ2v) is 3.39. The predicted molar refractivity (Wildman–Crippen MR) is 66.7 cm³/mol. The van der Waals surface area contributed by atoms with Crippen LogP contribution in [0.1, 0.15) is 5.56 Å². The Labute approximate surface area is 105 Å². The van der Waals surface area contributed by atoms with E-state index in [2.05, 4.69) is 17.9 Å². The van der Waals surface area contributed by atoms with Crippen LogP contribution in [0.4, 0.5) is 5.69 Å². The van der Waals surface area contributed by atoms with Crippen molar-refractivity contribution in [3.8, 4) is 17.6 Å². The van der Waals surface area contributed by atoms with Crippen LogP contribution < -0.4 is 14.8 Å². The van der Waals surface area contributed by atoms with Crippen LogP contribution in [0.2, 0.25) is 0 Å². The zero-order valence-corrected chi connectivity index (χ0v) is 10.4. The molecule has 1 aromatic rings. The van der Waals surface area contributed by atoms with Gasteiger partial charge in [0.15, 0.2) is 11.5 Å². The fraction of sp³-hybridized carbons (Fsp3) is 0.273. The summed E-state index contributed by atoms with van der Waals surface area (Å²) in [4.78, 5) is 11.2. The van der Waals surface area contributed by atoms with Crippen LogP contribution in [0.15, 0.2) is 12.1 Å². The summed E-state index contributed by atoms with van der Waals surface area (Å²) in [5.74, 6) is 0.630. The third-order valence-electron chi connectivity index (χ3n) is 2.06. The number of carbonyl (C=O) groups excluding carboxylic acids is 1. The second kappa shape index (κ2) is 6.01. The van der Waals surface area contributed by atoms with Crippen molar-refractivity contribution in [1.29, 1.82) is 5.26 Å². The van der Waals surface area contributed by atoms with E-state index in [1.54, 1.807) is 6.07 Å². The van der Waals surface area contributed by atoms with Crippen molar-refractivity contribution in [3.05, 3.63) is 17.7 Å². The number of nitrogens with zero attached hydrogens (tertiary/aromatic N) is 1. The van der Waals surface area contributed by atoms with Crippen LogP contribution in [-0.4, -0.2) is 25.9 Å².